The molecule has 0 atom stereocenters. The summed E-state index contributed by atoms with van der Waals surface area (Å²) in [7, 11) is 1.68. The summed E-state index contributed by atoms with van der Waals surface area (Å²) >= 11 is 1.67. The molecule has 74 valence electrons. The van der Waals surface area contributed by atoms with Crippen LogP contribution in [0.2, 0.25) is 0 Å². The molecular formula is C12H9NOS. The van der Waals surface area contributed by atoms with Crippen LogP contribution in [0.5, 0.6) is 5.75 Å². The maximum absolute atomic E-state index is 5.19. The zero-order chi connectivity index (χ0) is 10.3. The summed E-state index contributed by atoms with van der Waals surface area (Å²) in [6.07, 6.45) is 0. The molecule has 15 heavy (non-hydrogen) atoms. The molecule has 2 nitrogen and oxygen atoms in total. The van der Waals surface area contributed by atoms with Gasteiger partial charge in [-0.3, -0.25) is 0 Å². The van der Waals surface area contributed by atoms with Crippen molar-refractivity contribution in [3.8, 4) is 5.75 Å². The van der Waals surface area contributed by atoms with Gasteiger partial charge in [-0.05, 0) is 35.7 Å². The second-order valence-electron chi connectivity index (χ2n) is 3.36. The molecule has 0 bridgehead atoms. The molecule has 0 saturated heterocycles. The van der Waals surface area contributed by atoms with Gasteiger partial charge in [0.05, 0.1) is 12.6 Å². The normalized spacial score (nSPS) is 11.0. The van der Waals surface area contributed by atoms with Gasteiger partial charge in [-0.2, -0.15) is 0 Å². The van der Waals surface area contributed by atoms with Gasteiger partial charge >= 0.3 is 0 Å². The minimum Gasteiger partial charge on any atom is -0.497 e. The van der Waals surface area contributed by atoms with Gasteiger partial charge in [0.1, 0.15) is 10.6 Å². The number of pyridine rings is 1. The highest BCUT2D eigenvalue weighted by atomic mass is 32.1. The summed E-state index contributed by atoms with van der Waals surface area (Å²) in [6, 6.07) is 10.2. The molecule has 2 heterocycles. The van der Waals surface area contributed by atoms with Gasteiger partial charge in [0.2, 0.25) is 0 Å². The molecule has 0 unspecified atom stereocenters. The molecular weight excluding hydrogens is 206 g/mol. The van der Waals surface area contributed by atoms with E-state index < -0.39 is 0 Å². The van der Waals surface area contributed by atoms with E-state index in [1.54, 1.807) is 18.4 Å². The third kappa shape index (κ3) is 1.36. The fourth-order valence-electron chi connectivity index (χ4n) is 1.67. The van der Waals surface area contributed by atoms with Crippen LogP contribution in [0.1, 0.15) is 0 Å². The Hall–Kier alpha value is -1.61. The molecule has 0 saturated carbocycles. The second-order valence-corrected chi connectivity index (χ2v) is 4.26. The van der Waals surface area contributed by atoms with Gasteiger partial charge in [-0.25, -0.2) is 4.98 Å². The summed E-state index contributed by atoms with van der Waals surface area (Å²) in [4.78, 5) is 5.67. The zero-order valence-electron chi connectivity index (χ0n) is 8.23. The highest BCUT2D eigenvalue weighted by Gasteiger charge is 2.01. The van der Waals surface area contributed by atoms with E-state index in [9.17, 15) is 0 Å². The van der Waals surface area contributed by atoms with Crippen LogP contribution in [0.15, 0.2) is 35.7 Å². The number of ether oxygens (including phenoxy) is 1. The molecule has 3 heteroatoms. The summed E-state index contributed by atoms with van der Waals surface area (Å²) in [5, 5.41) is 4.38. The van der Waals surface area contributed by atoms with Crippen LogP contribution in [0, 0.1) is 0 Å². The molecule has 0 fully saturated rings. The van der Waals surface area contributed by atoms with E-state index >= 15 is 0 Å². The molecule has 0 radical (unpaired) electrons. The summed E-state index contributed by atoms with van der Waals surface area (Å²) in [5.74, 6) is 0.874. The molecule has 0 spiro atoms. The molecule has 1 aromatic carbocycles. The average Bonchev–Trinajstić information content (AvgIpc) is 2.72. The van der Waals surface area contributed by atoms with Crippen molar-refractivity contribution in [1.29, 1.82) is 0 Å². The van der Waals surface area contributed by atoms with Gasteiger partial charge in [0.25, 0.3) is 0 Å². The van der Waals surface area contributed by atoms with E-state index in [4.69, 9.17) is 4.74 Å². The fourth-order valence-corrected chi connectivity index (χ4v) is 2.42. The number of hydrogen-bond donors (Lipinski definition) is 0. The van der Waals surface area contributed by atoms with Gasteiger partial charge < -0.3 is 4.74 Å². The Morgan fingerprint density at radius 1 is 1.13 bits per heavy atom. The van der Waals surface area contributed by atoms with E-state index in [-0.39, 0.29) is 0 Å². The minimum absolute atomic E-state index is 0.874. The van der Waals surface area contributed by atoms with Crippen LogP contribution in [0.4, 0.5) is 0 Å². The molecule has 0 aliphatic carbocycles. The van der Waals surface area contributed by atoms with E-state index in [1.165, 1.54) is 5.39 Å². The SMILES string of the molecule is COc1ccc2nc3sccc3cc2c1. The standard InChI is InChI=1S/C12H9NOS/c1-14-10-2-3-11-9(7-10)6-8-4-5-15-12(8)13-11/h2-7H,1H3. The number of hydrogen-bond acceptors (Lipinski definition) is 3. The summed E-state index contributed by atoms with van der Waals surface area (Å²) in [5.41, 5.74) is 1.02. The number of rotatable bonds is 1. The molecule has 0 aliphatic heterocycles. The highest BCUT2D eigenvalue weighted by Crippen LogP contribution is 2.26. The quantitative estimate of drug-likeness (QED) is 0.620. The molecule has 3 aromatic rings. The lowest BCUT2D eigenvalue weighted by atomic mass is 10.2. The van der Waals surface area contributed by atoms with Crippen LogP contribution in [0.3, 0.4) is 0 Å². The maximum Gasteiger partial charge on any atom is 0.123 e. The smallest absolute Gasteiger partial charge is 0.123 e. The van der Waals surface area contributed by atoms with E-state index in [0.29, 0.717) is 0 Å². The molecule has 3 rings (SSSR count). The average molecular weight is 215 g/mol. The van der Waals surface area contributed by atoms with Crippen molar-refractivity contribution in [2.75, 3.05) is 7.11 Å². The first-order valence-electron chi connectivity index (χ1n) is 4.69. The number of nitrogens with zero attached hydrogens (tertiary/aromatic N) is 1. The molecule has 0 amide bonds. The molecule has 2 aromatic heterocycles. The first-order chi connectivity index (χ1) is 7.36. The Kier molecular flexibility index (Phi) is 1.86. The number of aromatic nitrogens is 1. The summed E-state index contributed by atoms with van der Waals surface area (Å²) < 4.78 is 5.19. The fraction of sp³-hybridized carbons (Fsp3) is 0.0833. The Bertz CT molecular complexity index is 630. The van der Waals surface area contributed by atoms with Crippen LogP contribution < -0.4 is 4.74 Å². The van der Waals surface area contributed by atoms with Crippen molar-refractivity contribution in [2.45, 2.75) is 0 Å². The predicted octanol–water partition coefficient (Wildman–Crippen LogP) is 3.46. The van der Waals surface area contributed by atoms with E-state index in [1.807, 2.05) is 18.2 Å². The minimum atomic E-state index is 0.874. The van der Waals surface area contributed by atoms with Crippen LogP contribution in [-0.4, -0.2) is 12.1 Å². The lowest BCUT2D eigenvalue weighted by molar-refractivity contribution is 0.415. The number of methoxy groups -OCH3 is 1. The van der Waals surface area contributed by atoms with E-state index in [0.717, 1.165) is 21.5 Å². The lowest BCUT2D eigenvalue weighted by Crippen LogP contribution is -1.83. The Morgan fingerprint density at radius 2 is 2.07 bits per heavy atom. The topological polar surface area (TPSA) is 22.1 Å². The first-order valence-corrected chi connectivity index (χ1v) is 5.57. The highest BCUT2D eigenvalue weighted by molar-refractivity contribution is 7.16. The third-order valence-corrected chi connectivity index (χ3v) is 3.26. The first kappa shape index (κ1) is 8.68. The van der Waals surface area contributed by atoms with Crippen LogP contribution in [0.25, 0.3) is 21.1 Å². The number of fused-ring (bicyclic) bond motifs is 2. The second kappa shape index (κ2) is 3.21. The van der Waals surface area contributed by atoms with Gasteiger partial charge in [0.15, 0.2) is 0 Å². The summed E-state index contributed by atoms with van der Waals surface area (Å²) in [6.45, 7) is 0. The van der Waals surface area contributed by atoms with Gasteiger partial charge in [-0.1, -0.05) is 0 Å². The number of benzene rings is 1. The van der Waals surface area contributed by atoms with Crippen molar-refractivity contribution >= 4 is 32.5 Å². The largest absolute Gasteiger partial charge is 0.497 e. The van der Waals surface area contributed by atoms with Gasteiger partial charge in [-0.15, -0.1) is 11.3 Å². The third-order valence-electron chi connectivity index (χ3n) is 2.44. The zero-order valence-corrected chi connectivity index (χ0v) is 9.04. The monoisotopic (exact) mass is 215 g/mol. The Balaban J connectivity index is 2.38. The maximum atomic E-state index is 5.19. The van der Waals surface area contributed by atoms with E-state index in [2.05, 4.69) is 22.5 Å². The van der Waals surface area contributed by atoms with Crippen LogP contribution in [-0.2, 0) is 0 Å². The van der Waals surface area contributed by atoms with Crippen molar-refractivity contribution in [1.82, 2.24) is 4.98 Å². The molecule has 0 N–H and O–H groups in total. The van der Waals surface area contributed by atoms with Gasteiger partial charge in [0, 0.05) is 10.8 Å². The number of thiophene rings is 1. The predicted molar refractivity (Wildman–Crippen MR) is 63.7 cm³/mol. The Labute approximate surface area is 91.1 Å². The Morgan fingerprint density at radius 3 is 2.93 bits per heavy atom. The molecule has 0 aliphatic rings. The van der Waals surface area contributed by atoms with Crippen molar-refractivity contribution < 1.29 is 4.74 Å². The van der Waals surface area contributed by atoms with Crippen molar-refractivity contribution in [3.05, 3.63) is 35.7 Å². The van der Waals surface area contributed by atoms with Crippen molar-refractivity contribution in [3.63, 3.8) is 0 Å². The van der Waals surface area contributed by atoms with Crippen molar-refractivity contribution in [2.24, 2.45) is 0 Å². The van der Waals surface area contributed by atoms with Crippen LogP contribution >= 0.6 is 11.3 Å². The lowest BCUT2D eigenvalue weighted by Gasteiger charge is -2.01.